The topological polar surface area (TPSA) is 62.0 Å². The second-order valence-electron chi connectivity index (χ2n) is 7.18. The molecule has 1 aromatic carbocycles. The van der Waals surface area contributed by atoms with Crippen LogP contribution < -0.4 is 4.90 Å². The number of ketones is 1. The Labute approximate surface area is 163 Å². The van der Waals surface area contributed by atoms with E-state index in [1.807, 2.05) is 36.6 Å². The molecule has 1 amide bonds. The fraction of sp³-hybridized carbons (Fsp3) is 0.333. The summed E-state index contributed by atoms with van der Waals surface area (Å²) in [5, 5.41) is 12.8. The number of nitrogens with one attached hydrogen (secondary N) is 1. The van der Waals surface area contributed by atoms with Crippen LogP contribution in [0.3, 0.4) is 0 Å². The number of rotatable bonds is 6. The number of aliphatic hydroxyl groups excluding tert-OH is 1. The molecule has 1 aliphatic heterocycles. The molecular weight excluding hydrogens is 360 g/mol. The molecule has 5 nitrogen and oxygen atoms in total. The summed E-state index contributed by atoms with van der Waals surface area (Å²) in [6.07, 6.45) is 0.793. The van der Waals surface area contributed by atoms with Crippen LogP contribution in [0, 0.1) is 6.92 Å². The van der Waals surface area contributed by atoms with E-state index in [0.29, 0.717) is 12.1 Å². The maximum Gasteiger partial charge on any atom is 0.295 e. The van der Waals surface area contributed by atoms with E-state index in [0.717, 1.165) is 23.4 Å². The molecule has 1 atom stereocenters. The summed E-state index contributed by atoms with van der Waals surface area (Å²) in [5.74, 6) is -1.24. The molecule has 0 unspecified atom stereocenters. The average Bonchev–Trinajstić information content (AvgIpc) is 3.24. The van der Waals surface area contributed by atoms with E-state index >= 15 is 0 Å². The summed E-state index contributed by atoms with van der Waals surface area (Å²) in [6, 6.07) is 10.6. The van der Waals surface area contributed by atoms with Crippen molar-refractivity contribution >= 4 is 28.8 Å². The Bertz CT molecular complexity index is 854. The minimum Gasteiger partial charge on any atom is -0.507 e. The predicted molar refractivity (Wildman–Crippen MR) is 107 cm³/mol. The van der Waals surface area contributed by atoms with Gasteiger partial charge in [0.2, 0.25) is 0 Å². The van der Waals surface area contributed by atoms with Crippen LogP contribution >= 0.6 is 11.3 Å². The fourth-order valence-electron chi connectivity index (χ4n) is 3.32. The first-order valence-corrected chi connectivity index (χ1v) is 9.96. The maximum absolute atomic E-state index is 12.8. The van der Waals surface area contributed by atoms with Crippen LogP contribution in [-0.2, 0) is 9.59 Å². The lowest BCUT2D eigenvalue weighted by Crippen LogP contribution is -3.05. The van der Waals surface area contributed by atoms with Crippen molar-refractivity contribution in [3.8, 4) is 0 Å². The third kappa shape index (κ3) is 3.96. The first-order valence-electron chi connectivity index (χ1n) is 9.08. The van der Waals surface area contributed by atoms with E-state index in [2.05, 4.69) is 14.1 Å². The molecule has 142 valence electrons. The summed E-state index contributed by atoms with van der Waals surface area (Å²) in [6.45, 7) is 3.35. The SMILES string of the molecule is Cc1ccc(C(O)=C2C(=O)C(=O)N(CCC[NH+](C)C)[C@H]2c2cccs2)cc1. The Morgan fingerprint density at radius 2 is 1.89 bits per heavy atom. The van der Waals surface area contributed by atoms with Crippen molar-refractivity contribution in [2.24, 2.45) is 0 Å². The van der Waals surface area contributed by atoms with Crippen molar-refractivity contribution in [2.45, 2.75) is 19.4 Å². The minimum atomic E-state index is -0.608. The van der Waals surface area contributed by atoms with Crippen molar-refractivity contribution in [2.75, 3.05) is 27.2 Å². The number of amides is 1. The normalized spacial score (nSPS) is 19.3. The molecule has 1 aromatic heterocycles. The zero-order valence-electron chi connectivity index (χ0n) is 15.9. The highest BCUT2D eigenvalue weighted by Crippen LogP contribution is 2.41. The largest absolute Gasteiger partial charge is 0.507 e. The molecule has 2 N–H and O–H groups in total. The molecule has 27 heavy (non-hydrogen) atoms. The smallest absolute Gasteiger partial charge is 0.295 e. The Hall–Kier alpha value is -2.44. The Morgan fingerprint density at radius 1 is 1.19 bits per heavy atom. The van der Waals surface area contributed by atoms with E-state index in [9.17, 15) is 14.7 Å². The fourth-order valence-corrected chi connectivity index (χ4v) is 4.17. The monoisotopic (exact) mass is 385 g/mol. The number of nitrogens with zero attached hydrogens (tertiary/aromatic N) is 1. The molecule has 1 aliphatic rings. The van der Waals surface area contributed by atoms with Crippen molar-refractivity contribution in [1.82, 2.24) is 4.90 Å². The number of aryl methyl sites for hydroxylation is 1. The number of hydrogen-bond donors (Lipinski definition) is 2. The van der Waals surface area contributed by atoms with E-state index in [-0.39, 0.29) is 11.3 Å². The van der Waals surface area contributed by atoms with Gasteiger partial charge >= 0.3 is 0 Å². The number of benzene rings is 1. The van der Waals surface area contributed by atoms with Gasteiger partial charge in [-0.05, 0) is 18.4 Å². The Kier molecular flexibility index (Phi) is 5.77. The third-order valence-corrected chi connectivity index (χ3v) is 5.68. The van der Waals surface area contributed by atoms with Crippen LogP contribution in [0.5, 0.6) is 0 Å². The quantitative estimate of drug-likeness (QED) is 0.454. The maximum atomic E-state index is 12.8. The number of Topliss-reactive ketones (excluding diaryl/α,β-unsaturated/α-hetero) is 1. The number of likely N-dealkylation sites (tertiary alicyclic amines) is 1. The lowest BCUT2D eigenvalue weighted by Gasteiger charge is -2.24. The standard InChI is InChI=1S/C21H24N2O3S/c1-14-7-9-15(10-8-14)19(24)17-18(16-6-4-13-27-16)23(21(26)20(17)25)12-5-11-22(2)3/h4,6-10,13,18,24H,5,11-12H2,1-3H3/p+1/t18-/m0/s1. The highest BCUT2D eigenvalue weighted by atomic mass is 32.1. The van der Waals surface area contributed by atoms with Crippen LogP contribution in [0.1, 0.15) is 28.5 Å². The molecule has 1 saturated heterocycles. The average molecular weight is 386 g/mol. The molecule has 3 rings (SSSR count). The second-order valence-corrected chi connectivity index (χ2v) is 8.16. The van der Waals surface area contributed by atoms with Gasteiger partial charge in [0.25, 0.3) is 11.7 Å². The Balaban J connectivity index is 2.03. The van der Waals surface area contributed by atoms with Crippen molar-refractivity contribution in [3.63, 3.8) is 0 Å². The van der Waals surface area contributed by atoms with Crippen LogP contribution in [0.15, 0.2) is 47.4 Å². The predicted octanol–water partition coefficient (Wildman–Crippen LogP) is 2.01. The number of carbonyl (C=O) groups excluding carboxylic acids is 2. The number of carbonyl (C=O) groups is 2. The van der Waals surface area contributed by atoms with Gasteiger partial charge in [-0.2, -0.15) is 0 Å². The van der Waals surface area contributed by atoms with Gasteiger partial charge in [-0.15, -0.1) is 11.3 Å². The number of quaternary nitrogens is 1. The van der Waals surface area contributed by atoms with E-state index in [1.54, 1.807) is 17.0 Å². The van der Waals surface area contributed by atoms with Crippen LogP contribution in [0.25, 0.3) is 5.76 Å². The van der Waals surface area contributed by atoms with Gasteiger partial charge in [0.1, 0.15) is 5.76 Å². The molecule has 6 heteroatoms. The van der Waals surface area contributed by atoms with Gasteiger partial charge in [0, 0.05) is 23.4 Å². The zero-order chi connectivity index (χ0) is 19.6. The van der Waals surface area contributed by atoms with Crippen LogP contribution in [0.4, 0.5) is 0 Å². The lowest BCUT2D eigenvalue weighted by atomic mass is 9.99. The van der Waals surface area contributed by atoms with Gasteiger partial charge in [0.05, 0.1) is 32.3 Å². The molecule has 0 bridgehead atoms. The zero-order valence-corrected chi connectivity index (χ0v) is 16.7. The molecule has 0 radical (unpaired) electrons. The van der Waals surface area contributed by atoms with Crippen LogP contribution in [0.2, 0.25) is 0 Å². The van der Waals surface area contributed by atoms with Crippen molar-refractivity contribution in [3.05, 3.63) is 63.4 Å². The Morgan fingerprint density at radius 3 is 2.48 bits per heavy atom. The van der Waals surface area contributed by atoms with E-state index in [4.69, 9.17) is 0 Å². The molecule has 0 aliphatic carbocycles. The number of thiophene rings is 1. The minimum absolute atomic E-state index is 0.104. The van der Waals surface area contributed by atoms with Crippen molar-refractivity contribution in [1.29, 1.82) is 0 Å². The van der Waals surface area contributed by atoms with E-state index < -0.39 is 17.7 Å². The second kappa shape index (κ2) is 8.06. The third-order valence-electron chi connectivity index (χ3n) is 4.75. The lowest BCUT2D eigenvalue weighted by molar-refractivity contribution is -0.858. The van der Waals surface area contributed by atoms with Gasteiger partial charge < -0.3 is 14.9 Å². The first-order chi connectivity index (χ1) is 12.9. The molecule has 2 heterocycles. The van der Waals surface area contributed by atoms with Crippen LogP contribution in [-0.4, -0.2) is 48.9 Å². The van der Waals surface area contributed by atoms with Gasteiger partial charge in [-0.3, -0.25) is 9.59 Å². The molecule has 2 aromatic rings. The number of hydrogen-bond acceptors (Lipinski definition) is 4. The van der Waals surface area contributed by atoms with Crippen molar-refractivity contribution < 1.29 is 19.6 Å². The summed E-state index contributed by atoms with van der Waals surface area (Å²) in [5.41, 5.74) is 1.80. The molecule has 0 saturated carbocycles. The molecule has 0 spiro atoms. The van der Waals surface area contributed by atoms with Gasteiger partial charge in [-0.1, -0.05) is 35.9 Å². The highest BCUT2D eigenvalue weighted by Gasteiger charge is 2.46. The summed E-state index contributed by atoms with van der Waals surface area (Å²) in [7, 11) is 4.12. The molecular formula is C21H25N2O3S+. The molecule has 1 fully saturated rings. The first kappa shape index (κ1) is 19.3. The van der Waals surface area contributed by atoms with Gasteiger partial charge in [0.15, 0.2) is 0 Å². The van der Waals surface area contributed by atoms with Gasteiger partial charge in [-0.25, -0.2) is 0 Å². The summed E-state index contributed by atoms with van der Waals surface area (Å²) in [4.78, 5) is 29.3. The highest BCUT2D eigenvalue weighted by molar-refractivity contribution is 7.10. The number of aliphatic hydroxyl groups is 1. The van der Waals surface area contributed by atoms with E-state index in [1.165, 1.54) is 16.2 Å². The summed E-state index contributed by atoms with van der Waals surface area (Å²) < 4.78 is 0. The summed E-state index contributed by atoms with van der Waals surface area (Å²) >= 11 is 1.49.